The lowest BCUT2D eigenvalue weighted by Gasteiger charge is -2.12. The molecule has 4 nitrogen and oxygen atoms in total. The average molecular weight is 351 g/mol. The lowest BCUT2D eigenvalue weighted by atomic mass is 10.1. The molecule has 2 rings (SSSR count). The largest absolute Gasteiger partial charge is 0.484 e. The summed E-state index contributed by atoms with van der Waals surface area (Å²) in [5, 5.41) is 3.36. The molecule has 0 atom stereocenters. The quantitative estimate of drug-likeness (QED) is 0.833. The molecule has 0 aliphatic rings. The zero-order chi connectivity index (χ0) is 17.5. The topological polar surface area (TPSA) is 41.6 Å². The first-order valence-corrected chi connectivity index (χ1v) is 7.89. The van der Waals surface area contributed by atoms with Crippen LogP contribution in [0.5, 0.6) is 5.75 Å². The van der Waals surface area contributed by atoms with Gasteiger partial charge in [0.05, 0.1) is 0 Å². The Hall–Kier alpha value is -2.11. The molecule has 0 unspecified atom stereocenters. The number of halogens is 2. The maximum Gasteiger partial charge on any atom is 0.258 e. The number of hydrogen-bond acceptors (Lipinski definition) is 3. The van der Waals surface area contributed by atoms with Crippen molar-refractivity contribution in [2.24, 2.45) is 0 Å². The van der Waals surface area contributed by atoms with Crippen LogP contribution in [0.25, 0.3) is 0 Å². The minimum absolute atomic E-state index is 0.0899. The smallest absolute Gasteiger partial charge is 0.258 e. The van der Waals surface area contributed by atoms with Crippen molar-refractivity contribution in [3.8, 4) is 5.75 Å². The molecule has 0 aliphatic carbocycles. The summed E-state index contributed by atoms with van der Waals surface area (Å²) in [7, 11) is 3.75. The van der Waals surface area contributed by atoms with Gasteiger partial charge in [0.25, 0.3) is 5.91 Å². The van der Waals surface area contributed by atoms with Gasteiger partial charge in [0, 0.05) is 23.7 Å². The van der Waals surface area contributed by atoms with Crippen LogP contribution in [0.1, 0.15) is 11.1 Å². The van der Waals surface area contributed by atoms with Crippen molar-refractivity contribution in [1.82, 2.24) is 10.2 Å². The third-order valence-corrected chi connectivity index (χ3v) is 3.52. The fourth-order valence-electron chi connectivity index (χ4n) is 2.13. The van der Waals surface area contributed by atoms with Crippen molar-refractivity contribution >= 4 is 17.5 Å². The van der Waals surface area contributed by atoms with E-state index in [1.807, 2.05) is 19.0 Å². The van der Waals surface area contributed by atoms with Gasteiger partial charge in [-0.1, -0.05) is 17.7 Å². The van der Waals surface area contributed by atoms with Gasteiger partial charge < -0.3 is 15.0 Å². The Balaban J connectivity index is 1.84. The van der Waals surface area contributed by atoms with Gasteiger partial charge in [0.2, 0.25) is 0 Å². The van der Waals surface area contributed by atoms with E-state index in [1.165, 1.54) is 6.07 Å². The van der Waals surface area contributed by atoms with Gasteiger partial charge in [-0.3, -0.25) is 4.79 Å². The molecule has 2 aromatic rings. The summed E-state index contributed by atoms with van der Waals surface area (Å²) in [6.07, 6.45) is 0. The zero-order valence-electron chi connectivity index (χ0n) is 13.7. The van der Waals surface area contributed by atoms with Crippen molar-refractivity contribution in [1.29, 1.82) is 0 Å². The van der Waals surface area contributed by atoms with Gasteiger partial charge in [-0.2, -0.15) is 0 Å². The minimum Gasteiger partial charge on any atom is -0.484 e. The molecule has 6 heteroatoms. The Kier molecular flexibility index (Phi) is 6.58. The highest BCUT2D eigenvalue weighted by Crippen LogP contribution is 2.15. The molecule has 0 radical (unpaired) electrons. The number of carbonyl (C=O) groups excluding carboxylic acids is 1. The Morgan fingerprint density at radius 3 is 2.58 bits per heavy atom. The van der Waals surface area contributed by atoms with Crippen molar-refractivity contribution in [2.45, 2.75) is 13.1 Å². The molecule has 0 aromatic heterocycles. The molecule has 128 valence electrons. The van der Waals surface area contributed by atoms with Crippen LogP contribution in [0.4, 0.5) is 4.39 Å². The van der Waals surface area contributed by atoms with Gasteiger partial charge in [-0.05, 0) is 56.1 Å². The summed E-state index contributed by atoms with van der Waals surface area (Å²) in [5.74, 6) is 0.0814. The summed E-state index contributed by atoms with van der Waals surface area (Å²) in [6.45, 7) is 0.740. The second kappa shape index (κ2) is 8.66. The molecule has 0 saturated carbocycles. The van der Waals surface area contributed by atoms with Crippen LogP contribution in [0, 0.1) is 5.82 Å². The van der Waals surface area contributed by atoms with Gasteiger partial charge >= 0.3 is 0 Å². The summed E-state index contributed by atoms with van der Waals surface area (Å²) in [4.78, 5) is 13.7. The van der Waals surface area contributed by atoms with E-state index in [9.17, 15) is 9.18 Å². The first kappa shape index (κ1) is 18.2. The highest BCUT2D eigenvalue weighted by atomic mass is 35.5. The van der Waals surface area contributed by atoms with Crippen molar-refractivity contribution in [3.05, 3.63) is 64.4 Å². The molecular weight excluding hydrogens is 331 g/mol. The molecule has 0 spiro atoms. The first-order chi connectivity index (χ1) is 11.4. The van der Waals surface area contributed by atoms with E-state index in [1.54, 1.807) is 36.4 Å². The number of ether oxygens (including phenoxy) is 1. The predicted octanol–water partition coefficient (Wildman–Crippen LogP) is 3.24. The normalized spacial score (nSPS) is 10.7. The Bertz CT molecular complexity index is 690. The van der Waals surface area contributed by atoms with E-state index in [-0.39, 0.29) is 18.3 Å². The van der Waals surface area contributed by atoms with Crippen molar-refractivity contribution < 1.29 is 13.9 Å². The van der Waals surface area contributed by atoms with E-state index in [2.05, 4.69) is 5.32 Å². The summed E-state index contributed by atoms with van der Waals surface area (Å²) >= 11 is 5.78. The van der Waals surface area contributed by atoms with Crippen LogP contribution >= 0.6 is 11.6 Å². The molecule has 0 heterocycles. The van der Waals surface area contributed by atoms with Crippen molar-refractivity contribution in [3.63, 3.8) is 0 Å². The predicted molar refractivity (Wildman–Crippen MR) is 92.6 cm³/mol. The van der Waals surface area contributed by atoms with Crippen LogP contribution in [0.3, 0.4) is 0 Å². The summed E-state index contributed by atoms with van der Waals surface area (Å²) in [5.41, 5.74) is 1.44. The summed E-state index contributed by atoms with van der Waals surface area (Å²) < 4.78 is 19.1. The minimum atomic E-state index is -0.247. The van der Waals surface area contributed by atoms with E-state index in [4.69, 9.17) is 16.3 Å². The second-order valence-corrected chi connectivity index (χ2v) is 6.12. The van der Waals surface area contributed by atoms with Crippen molar-refractivity contribution in [2.75, 3.05) is 20.7 Å². The third kappa shape index (κ3) is 5.83. The molecular formula is C18H20ClFN2O2. The third-order valence-electron chi connectivity index (χ3n) is 3.27. The van der Waals surface area contributed by atoms with Crippen LogP contribution in [-0.4, -0.2) is 31.5 Å². The number of amides is 1. The lowest BCUT2D eigenvalue weighted by Crippen LogP contribution is -2.28. The van der Waals surface area contributed by atoms with E-state index in [0.717, 1.165) is 5.56 Å². The number of nitrogens with one attached hydrogen (secondary N) is 1. The molecule has 0 bridgehead atoms. The van der Waals surface area contributed by atoms with E-state index in [0.29, 0.717) is 29.4 Å². The molecule has 24 heavy (non-hydrogen) atoms. The maximum atomic E-state index is 13.7. The molecule has 1 amide bonds. The molecule has 0 aliphatic heterocycles. The van der Waals surface area contributed by atoms with Gasteiger partial charge in [-0.15, -0.1) is 0 Å². The Labute approximate surface area is 146 Å². The lowest BCUT2D eigenvalue weighted by molar-refractivity contribution is -0.123. The zero-order valence-corrected chi connectivity index (χ0v) is 14.4. The van der Waals surface area contributed by atoms with Gasteiger partial charge in [0.1, 0.15) is 11.6 Å². The standard InChI is InChI=1S/C18H20ClFN2O2/c1-22(2)11-14-9-13(3-8-17(14)20)10-21-18(23)12-24-16-6-4-15(19)5-7-16/h3-9H,10-12H2,1-2H3,(H,21,23). The molecule has 0 fully saturated rings. The molecule has 2 aromatic carbocycles. The second-order valence-electron chi connectivity index (χ2n) is 5.68. The number of rotatable bonds is 7. The average Bonchev–Trinajstić information content (AvgIpc) is 2.54. The Morgan fingerprint density at radius 1 is 1.21 bits per heavy atom. The van der Waals surface area contributed by atoms with Gasteiger partial charge in [-0.25, -0.2) is 4.39 Å². The molecule has 1 N–H and O–H groups in total. The fourth-order valence-corrected chi connectivity index (χ4v) is 2.26. The number of benzene rings is 2. The number of nitrogens with zero attached hydrogens (tertiary/aromatic N) is 1. The maximum absolute atomic E-state index is 13.7. The van der Waals surface area contributed by atoms with E-state index >= 15 is 0 Å². The van der Waals surface area contributed by atoms with Crippen LogP contribution in [0.15, 0.2) is 42.5 Å². The first-order valence-electron chi connectivity index (χ1n) is 7.51. The molecule has 0 saturated heterocycles. The van der Waals surface area contributed by atoms with Crippen LogP contribution in [0.2, 0.25) is 5.02 Å². The highest BCUT2D eigenvalue weighted by Gasteiger charge is 2.07. The van der Waals surface area contributed by atoms with E-state index < -0.39 is 0 Å². The SMILES string of the molecule is CN(C)Cc1cc(CNC(=O)COc2ccc(Cl)cc2)ccc1F. The number of carbonyl (C=O) groups is 1. The van der Waals surface area contributed by atoms with Crippen LogP contribution in [-0.2, 0) is 17.9 Å². The monoisotopic (exact) mass is 350 g/mol. The Morgan fingerprint density at radius 2 is 1.92 bits per heavy atom. The number of hydrogen-bond donors (Lipinski definition) is 1. The fraction of sp³-hybridized carbons (Fsp3) is 0.278. The van der Waals surface area contributed by atoms with Crippen LogP contribution < -0.4 is 10.1 Å². The summed E-state index contributed by atoms with van der Waals surface area (Å²) in [6, 6.07) is 11.6. The van der Waals surface area contributed by atoms with Gasteiger partial charge in [0.15, 0.2) is 6.61 Å². The highest BCUT2D eigenvalue weighted by molar-refractivity contribution is 6.30.